The first-order valence-electron chi connectivity index (χ1n) is 8.00. The second-order valence-electron chi connectivity index (χ2n) is 5.96. The van der Waals surface area contributed by atoms with E-state index in [1.165, 1.54) is 17.9 Å². The van der Waals surface area contributed by atoms with Crippen molar-refractivity contribution in [1.82, 2.24) is 18.7 Å². The van der Waals surface area contributed by atoms with Crippen molar-refractivity contribution in [2.45, 2.75) is 13.0 Å². The predicted octanol–water partition coefficient (Wildman–Crippen LogP) is 1.53. The molecule has 0 saturated heterocycles. The summed E-state index contributed by atoms with van der Waals surface area (Å²) in [4.78, 5) is 40.4. The molecule has 3 aromatic rings. The van der Waals surface area contributed by atoms with Gasteiger partial charge in [-0.2, -0.15) is 0 Å². The number of aryl methyl sites for hydroxylation is 1. The summed E-state index contributed by atoms with van der Waals surface area (Å²) in [6.07, 6.45) is 1.50. The third kappa shape index (κ3) is 3.77. The summed E-state index contributed by atoms with van der Waals surface area (Å²) in [7, 11) is 2.94. The van der Waals surface area contributed by atoms with Crippen LogP contribution in [0.4, 0.5) is 0 Å². The molecule has 0 saturated carbocycles. The Balaban J connectivity index is 1.69. The van der Waals surface area contributed by atoms with Gasteiger partial charge in [0.15, 0.2) is 11.2 Å². The summed E-state index contributed by atoms with van der Waals surface area (Å²) < 4.78 is 9.09. The van der Waals surface area contributed by atoms with Crippen LogP contribution in [-0.2, 0) is 36.6 Å². The van der Waals surface area contributed by atoms with Gasteiger partial charge >= 0.3 is 11.7 Å². The molecule has 0 aliphatic carbocycles. The molecule has 1 aromatic carbocycles. The molecule has 10 heteroatoms. The summed E-state index contributed by atoms with van der Waals surface area (Å²) in [5, 5.41) is 0.782. The molecule has 142 valence electrons. The van der Waals surface area contributed by atoms with Gasteiger partial charge in [0, 0.05) is 14.1 Å². The number of fused-ring (bicyclic) bond motifs is 1. The molecule has 0 fully saturated rings. The zero-order chi connectivity index (χ0) is 19.7. The average molecular weight is 411 g/mol. The fourth-order valence-electron chi connectivity index (χ4n) is 2.69. The highest BCUT2D eigenvalue weighted by atomic mass is 35.5. The van der Waals surface area contributed by atoms with Crippen LogP contribution in [0.1, 0.15) is 5.56 Å². The van der Waals surface area contributed by atoms with E-state index in [1.807, 2.05) is 0 Å². The number of hydrogen-bond donors (Lipinski definition) is 0. The number of nitrogens with zero attached hydrogens (tertiary/aromatic N) is 4. The lowest BCUT2D eigenvalue weighted by molar-refractivity contribution is -0.143. The van der Waals surface area contributed by atoms with Crippen LogP contribution < -0.4 is 11.2 Å². The van der Waals surface area contributed by atoms with Gasteiger partial charge in [0.2, 0.25) is 0 Å². The minimum absolute atomic E-state index is 0.0532. The highest BCUT2D eigenvalue weighted by molar-refractivity contribution is 6.42. The number of benzene rings is 1. The highest BCUT2D eigenvalue weighted by Crippen LogP contribution is 2.22. The van der Waals surface area contributed by atoms with Gasteiger partial charge in [0.05, 0.1) is 29.3 Å². The van der Waals surface area contributed by atoms with Crippen LogP contribution >= 0.6 is 23.2 Å². The first-order chi connectivity index (χ1) is 12.8. The molecule has 0 aliphatic heterocycles. The summed E-state index contributed by atoms with van der Waals surface area (Å²) in [6, 6.07) is 4.92. The summed E-state index contributed by atoms with van der Waals surface area (Å²) in [6.45, 7) is 0.286. The molecule has 8 nitrogen and oxygen atoms in total. The van der Waals surface area contributed by atoms with Crippen molar-refractivity contribution in [2.75, 3.05) is 6.61 Å². The summed E-state index contributed by atoms with van der Waals surface area (Å²) >= 11 is 11.8. The largest absolute Gasteiger partial charge is 0.464 e. The Hall–Kier alpha value is -2.58. The molecule has 0 N–H and O–H groups in total. The molecule has 3 rings (SSSR count). The van der Waals surface area contributed by atoms with E-state index in [9.17, 15) is 14.4 Å². The van der Waals surface area contributed by atoms with E-state index in [4.69, 9.17) is 27.9 Å². The number of esters is 1. The van der Waals surface area contributed by atoms with Gasteiger partial charge in [0.25, 0.3) is 5.56 Å². The summed E-state index contributed by atoms with van der Waals surface area (Å²) in [5.74, 6) is -0.432. The van der Waals surface area contributed by atoms with Gasteiger partial charge in [-0.05, 0) is 17.7 Å². The Morgan fingerprint density at radius 3 is 2.59 bits per heavy atom. The van der Waals surface area contributed by atoms with Crippen molar-refractivity contribution < 1.29 is 9.53 Å². The minimum Gasteiger partial charge on any atom is -0.464 e. The van der Waals surface area contributed by atoms with Gasteiger partial charge in [-0.3, -0.25) is 18.7 Å². The fourth-order valence-corrected chi connectivity index (χ4v) is 3.01. The number of halogens is 2. The second-order valence-corrected chi connectivity index (χ2v) is 6.78. The highest BCUT2D eigenvalue weighted by Gasteiger charge is 2.14. The molecule has 0 bridgehead atoms. The topological polar surface area (TPSA) is 88.1 Å². The molecule has 2 heterocycles. The molecule has 0 unspecified atom stereocenters. The monoisotopic (exact) mass is 410 g/mol. The second kappa shape index (κ2) is 7.58. The van der Waals surface area contributed by atoms with Crippen LogP contribution in [0.2, 0.25) is 10.0 Å². The molecular formula is C17H16Cl2N4O4. The smallest absolute Gasteiger partial charge is 0.332 e. The van der Waals surface area contributed by atoms with Crippen molar-refractivity contribution in [1.29, 1.82) is 0 Å². The number of carbonyl (C=O) groups excluding carboxylic acids is 1. The summed E-state index contributed by atoms with van der Waals surface area (Å²) in [5.41, 5.74) is 0.343. The maximum Gasteiger partial charge on any atom is 0.332 e. The van der Waals surface area contributed by atoms with Crippen LogP contribution in [0.15, 0.2) is 34.1 Å². The Morgan fingerprint density at radius 2 is 1.89 bits per heavy atom. The van der Waals surface area contributed by atoms with Crippen molar-refractivity contribution >= 4 is 40.3 Å². The van der Waals surface area contributed by atoms with Crippen LogP contribution in [-0.4, -0.2) is 31.3 Å². The van der Waals surface area contributed by atoms with Crippen LogP contribution in [0.3, 0.4) is 0 Å². The molecule has 0 aliphatic rings. The Kier molecular flexibility index (Phi) is 5.38. The van der Waals surface area contributed by atoms with E-state index in [2.05, 4.69) is 4.98 Å². The lowest BCUT2D eigenvalue weighted by Gasteiger charge is -2.08. The molecule has 0 amide bonds. The Morgan fingerprint density at radius 1 is 1.15 bits per heavy atom. The molecule has 0 radical (unpaired) electrons. The van der Waals surface area contributed by atoms with Crippen LogP contribution in [0.5, 0.6) is 0 Å². The normalized spacial score (nSPS) is 11.1. The van der Waals surface area contributed by atoms with Gasteiger partial charge in [-0.15, -0.1) is 0 Å². The SMILES string of the molecule is Cn1c(=O)c2c(ncn2CCOC(=O)Cc2ccc(Cl)c(Cl)c2)n(C)c1=O. The van der Waals surface area contributed by atoms with Crippen LogP contribution in [0, 0.1) is 0 Å². The maximum absolute atomic E-state index is 12.3. The third-order valence-electron chi connectivity index (χ3n) is 4.14. The quantitative estimate of drug-likeness (QED) is 0.595. The minimum atomic E-state index is -0.453. The van der Waals surface area contributed by atoms with Gasteiger partial charge < -0.3 is 9.30 Å². The zero-order valence-corrected chi connectivity index (χ0v) is 16.1. The Bertz CT molecular complexity index is 1150. The van der Waals surface area contributed by atoms with Crippen molar-refractivity contribution in [3.8, 4) is 0 Å². The van der Waals surface area contributed by atoms with E-state index in [1.54, 1.807) is 29.8 Å². The third-order valence-corrected chi connectivity index (χ3v) is 4.88. The van der Waals surface area contributed by atoms with Crippen molar-refractivity contribution in [3.63, 3.8) is 0 Å². The van der Waals surface area contributed by atoms with E-state index >= 15 is 0 Å². The van der Waals surface area contributed by atoms with E-state index in [-0.39, 0.29) is 30.7 Å². The predicted molar refractivity (Wildman–Crippen MR) is 101 cm³/mol. The zero-order valence-electron chi connectivity index (χ0n) is 14.6. The lowest BCUT2D eigenvalue weighted by Crippen LogP contribution is -2.37. The first kappa shape index (κ1) is 19.2. The number of aromatic nitrogens is 4. The standard InChI is InChI=1S/C17H16Cl2N4O4/c1-21-15-14(16(25)22(2)17(21)26)23(9-20-15)5-6-27-13(24)8-10-3-4-11(18)12(19)7-10/h3-4,7,9H,5-6,8H2,1-2H3. The average Bonchev–Trinajstić information content (AvgIpc) is 3.05. The number of hydrogen-bond acceptors (Lipinski definition) is 5. The van der Waals surface area contributed by atoms with Gasteiger partial charge in [-0.1, -0.05) is 29.3 Å². The van der Waals surface area contributed by atoms with Gasteiger partial charge in [0.1, 0.15) is 6.61 Å². The maximum atomic E-state index is 12.3. The molecular weight excluding hydrogens is 395 g/mol. The number of imidazole rings is 1. The molecule has 27 heavy (non-hydrogen) atoms. The van der Waals surface area contributed by atoms with Crippen molar-refractivity contribution in [2.24, 2.45) is 14.1 Å². The molecule has 0 atom stereocenters. The Labute approximate surface area is 163 Å². The van der Waals surface area contributed by atoms with Crippen LogP contribution in [0.25, 0.3) is 11.2 Å². The number of rotatable bonds is 5. The molecule has 0 spiro atoms. The fraction of sp³-hybridized carbons (Fsp3) is 0.294. The first-order valence-corrected chi connectivity index (χ1v) is 8.75. The van der Waals surface area contributed by atoms with E-state index in [0.29, 0.717) is 15.6 Å². The van der Waals surface area contributed by atoms with E-state index in [0.717, 1.165) is 4.57 Å². The van der Waals surface area contributed by atoms with Gasteiger partial charge in [-0.25, -0.2) is 9.78 Å². The van der Waals surface area contributed by atoms with E-state index < -0.39 is 17.2 Å². The number of carbonyl (C=O) groups is 1. The molecule has 2 aromatic heterocycles. The lowest BCUT2D eigenvalue weighted by atomic mass is 10.1. The van der Waals surface area contributed by atoms with Crippen molar-refractivity contribution in [3.05, 3.63) is 61.0 Å². The number of ether oxygens (including phenoxy) is 1.